The smallest absolute Gasteiger partial charge is 0.226 e. The first-order valence-electron chi connectivity index (χ1n) is 5.93. The van der Waals surface area contributed by atoms with E-state index in [2.05, 4.69) is 10.1 Å². The molecule has 0 fully saturated rings. The minimum Gasteiger partial charge on any atom is -0.339 e. The van der Waals surface area contributed by atoms with Crippen LogP contribution in [0.5, 0.6) is 0 Å². The molecule has 0 aliphatic rings. The SMILES string of the molecule is CC(CN)Cc1nc(Cc2ccc(F)cc2)no1. The van der Waals surface area contributed by atoms with Crippen molar-refractivity contribution in [2.24, 2.45) is 11.7 Å². The lowest BCUT2D eigenvalue weighted by atomic mass is 10.1. The summed E-state index contributed by atoms with van der Waals surface area (Å²) in [5, 5.41) is 3.90. The predicted octanol–water partition coefficient (Wildman–Crippen LogP) is 1.94. The van der Waals surface area contributed by atoms with E-state index in [-0.39, 0.29) is 5.82 Å². The van der Waals surface area contributed by atoms with Crippen molar-refractivity contribution in [3.8, 4) is 0 Å². The molecule has 1 aromatic carbocycles. The van der Waals surface area contributed by atoms with E-state index in [1.807, 2.05) is 6.92 Å². The molecule has 0 aliphatic carbocycles. The van der Waals surface area contributed by atoms with Crippen LogP contribution in [0.15, 0.2) is 28.8 Å². The predicted molar refractivity (Wildman–Crippen MR) is 65.4 cm³/mol. The second kappa shape index (κ2) is 5.73. The standard InChI is InChI=1S/C13H16FN3O/c1-9(8-15)6-13-16-12(17-18-13)7-10-2-4-11(14)5-3-10/h2-5,9H,6-8,15H2,1H3. The lowest BCUT2D eigenvalue weighted by molar-refractivity contribution is 0.356. The summed E-state index contributed by atoms with van der Waals surface area (Å²) >= 11 is 0. The summed E-state index contributed by atoms with van der Waals surface area (Å²) in [7, 11) is 0. The third-order valence-electron chi connectivity index (χ3n) is 2.71. The Labute approximate surface area is 105 Å². The largest absolute Gasteiger partial charge is 0.339 e. The lowest BCUT2D eigenvalue weighted by Gasteiger charge is -2.01. The Morgan fingerprint density at radius 1 is 1.33 bits per heavy atom. The van der Waals surface area contributed by atoms with Gasteiger partial charge < -0.3 is 10.3 Å². The minimum absolute atomic E-state index is 0.246. The average Bonchev–Trinajstić information content (AvgIpc) is 2.79. The van der Waals surface area contributed by atoms with Crippen LogP contribution in [-0.4, -0.2) is 16.7 Å². The van der Waals surface area contributed by atoms with Crippen LogP contribution < -0.4 is 5.73 Å². The van der Waals surface area contributed by atoms with E-state index in [1.54, 1.807) is 12.1 Å². The van der Waals surface area contributed by atoms with Crippen LogP contribution in [-0.2, 0) is 12.8 Å². The van der Waals surface area contributed by atoms with Crippen molar-refractivity contribution in [3.63, 3.8) is 0 Å². The summed E-state index contributed by atoms with van der Waals surface area (Å²) in [5.41, 5.74) is 6.49. The average molecular weight is 249 g/mol. The molecule has 0 bridgehead atoms. The summed E-state index contributed by atoms with van der Waals surface area (Å²) in [4.78, 5) is 4.29. The monoisotopic (exact) mass is 249 g/mol. The summed E-state index contributed by atoms with van der Waals surface area (Å²) in [6.45, 7) is 2.62. The van der Waals surface area contributed by atoms with Crippen molar-refractivity contribution in [1.82, 2.24) is 10.1 Å². The van der Waals surface area contributed by atoms with Gasteiger partial charge in [0.25, 0.3) is 0 Å². The van der Waals surface area contributed by atoms with Gasteiger partial charge in [-0.15, -0.1) is 0 Å². The van der Waals surface area contributed by atoms with Crippen molar-refractivity contribution in [2.75, 3.05) is 6.54 Å². The fraction of sp³-hybridized carbons (Fsp3) is 0.385. The number of nitrogens with zero attached hydrogens (tertiary/aromatic N) is 2. The zero-order valence-corrected chi connectivity index (χ0v) is 10.3. The molecule has 1 atom stereocenters. The third-order valence-corrected chi connectivity index (χ3v) is 2.71. The van der Waals surface area contributed by atoms with E-state index in [9.17, 15) is 4.39 Å². The summed E-state index contributed by atoms with van der Waals surface area (Å²) < 4.78 is 17.9. The fourth-order valence-corrected chi connectivity index (χ4v) is 1.61. The van der Waals surface area contributed by atoms with Crippen LogP contribution in [0.1, 0.15) is 24.2 Å². The zero-order chi connectivity index (χ0) is 13.0. The number of hydrogen-bond acceptors (Lipinski definition) is 4. The topological polar surface area (TPSA) is 64.9 Å². The molecule has 96 valence electrons. The van der Waals surface area contributed by atoms with Crippen LogP contribution in [0.2, 0.25) is 0 Å². The normalized spacial score (nSPS) is 12.6. The Morgan fingerprint density at radius 3 is 2.72 bits per heavy atom. The van der Waals surface area contributed by atoms with E-state index >= 15 is 0 Å². The van der Waals surface area contributed by atoms with Gasteiger partial charge >= 0.3 is 0 Å². The molecule has 18 heavy (non-hydrogen) atoms. The van der Waals surface area contributed by atoms with Crippen molar-refractivity contribution in [1.29, 1.82) is 0 Å². The maximum atomic E-state index is 12.8. The van der Waals surface area contributed by atoms with E-state index in [0.29, 0.717) is 37.0 Å². The molecule has 0 saturated carbocycles. The van der Waals surface area contributed by atoms with Gasteiger partial charge in [0.1, 0.15) is 5.82 Å². The van der Waals surface area contributed by atoms with Gasteiger partial charge in [0.2, 0.25) is 5.89 Å². The molecule has 1 heterocycles. The Balaban J connectivity index is 2.00. The molecule has 0 spiro atoms. The molecule has 1 aromatic heterocycles. The van der Waals surface area contributed by atoms with E-state index in [0.717, 1.165) is 5.56 Å². The zero-order valence-electron chi connectivity index (χ0n) is 10.3. The van der Waals surface area contributed by atoms with Gasteiger partial charge in [-0.25, -0.2) is 4.39 Å². The van der Waals surface area contributed by atoms with Gasteiger partial charge in [0.15, 0.2) is 5.82 Å². The maximum Gasteiger partial charge on any atom is 0.226 e. The second-order valence-electron chi connectivity index (χ2n) is 4.45. The molecular weight excluding hydrogens is 233 g/mol. The molecule has 0 saturated heterocycles. The Bertz CT molecular complexity index is 495. The highest BCUT2D eigenvalue weighted by molar-refractivity contribution is 5.19. The molecule has 4 nitrogen and oxygen atoms in total. The molecule has 2 aromatic rings. The van der Waals surface area contributed by atoms with Crippen LogP contribution in [0, 0.1) is 11.7 Å². The van der Waals surface area contributed by atoms with Gasteiger partial charge in [-0.05, 0) is 30.2 Å². The molecule has 2 rings (SSSR count). The molecule has 0 aliphatic heterocycles. The first-order valence-corrected chi connectivity index (χ1v) is 5.93. The summed E-state index contributed by atoms with van der Waals surface area (Å²) in [6, 6.07) is 6.28. The van der Waals surface area contributed by atoms with Crippen LogP contribution in [0.3, 0.4) is 0 Å². The Morgan fingerprint density at radius 2 is 2.06 bits per heavy atom. The number of rotatable bonds is 5. The molecular formula is C13H16FN3O. The Hall–Kier alpha value is -1.75. The highest BCUT2D eigenvalue weighted by Gasteiger charge is 2.10. The highest BCUT2D eigenvalue weighted by Crippen LogP contribution is 2.10. The van der Waals surface area contributed by atoms with Crippen molar-refractivity contribution in [2.45, 2.75) is 19.8 Å². The van der Waals surface area contributed by atoms with Crippen molar-refractivity contribution < 1.29 is 8.91 Å². The number of halogens is 1. The van der Waals surface area contributed by atoms with Crippen molar-refractivity contribution >= 4 is 0 Å². The molecule has 1 unspecified atom stereocenters. The van der Waals surface area contributed by atoms with E-state index < -0.39 is 0 Å². The van der Waals surface area contributed by atoms with Crippen LogP contribution >= 0.6 is 0 Å². The quantitative estimate of drug-likeness (QED) is 0.879. The molecule has 0 radical (unpaired) electrons. The van der Waals surface area contributed by atoms with Crippen LogP contribution in [0.25, 0.3) is 0 Å². The number of aromatic nitrogens is 2. The fourth-order valence-electron chi connectivity index (χ4n) is 1.61. The maximum absolute atomic E-state index is 12.8. The van der Waals surface area contributed by atoms with Crippen molar-refractivity contribution in [3.05, 3.63) is 47.4 Å². The van der Waals surface area contributed by atoms with Gasteiger partial charge in [0.05, 0.1) is 0 Å². The van der Waals surface area contributed by atoms with Gasteiger partial charge in [0, 0.05) is 12.8 Å². The Kier molecular flexibility index (Phi) is 4.04. The first-order chi connectivity index (χ1) is 8.67. The first kappa shape index (κ1) is 12.7. The van der Waals surface area contributed by atoms with E-state index in [1.165, 1.54) is 12.1 Å². The molecule has 2 N–H and O–H groups in total. The summed E-state index contributed by atoms with van der Waals surface area (Å²) in [5.74, 6) is 1.29. The third kappa shape index (κ3) is 3.37. The van der Waals surface area contributed by atoms with Gasteiger partial charge in [-0.1, -0.05) is 24.2 Å². The molecule has 0 amide bonds. The highest BCUT2D eigenvalue weighted by atomic mass is 19.1. The summed E-state index contributed by atoms with van der Waals surface area (Å²) in [6.07, 6.45) is 1.23. The minimum atomic E-state index is -0.246. The number of nitrogens with two attached hydrogens (primary N) is 1. The van der Waals surface area contributed by atoms with Gasteiger partial charge in [-0.3, -0.25) is 0 Å². The lowest BCUT2D eigenvalue weighted by Crippen LogP contribution is -2.13. The van der Waals surface area contributed by atoms with Gasteiger partial charge in [-0.2, -0.15) is 4.98 Å². The number of benzene rings is 1. The molecule has 5 heteroatoms. The number of hydrogen-bond donors (Lipinski definition) is 1. The van der Waals surface area contributed by atoms with E-state index in [4.69, 9.17) is 10.3 Å². The second-order valence-corrected chi connectivity index (χ2v) is 4.45. The van der Waals surface area contributed by atoms with Crippen LogP contribution in [0.4, 0.5) is 4.39 Å².